The molecule has 0 aliphatic carbocycles. The molecule has 8 heteroatoms. The van der Waals surface area contributed by atoms with E-state index in [0.29, 0.717) is 32.5 Å². The number of hydrogen-bond donors (Lipinski definition) is 1. The van der Waals surface area contributed by atoms with Crippen molar-refractivity contribution in [1.29, 1.82) is 0 Å². The van der Waals surface area contributed by atoms with Crippen LogP contribution < -0.4 is 4.90 Å². The van der Waals surface area contributed by atoms with E-state index in [2.05, 4.69) is 22.1 Å². The van der Waals surface area contributed by atoms with Crippen LogP contribution >= 0.6 is 0 Å². The molecule has 1 unspecified atom stereocenters. The number of fused-ring (bicyclic) bond motifs is 2. The van der Waals surface area contributed by atoms with E-state index in [1.807, 2.05) is 22.0 Å². The number of likely N-dealkylation sites (tertiary alicyclic amines) is 1. The molecule has 1 aromatic rings. The Morgan fingerprint density at radius 2 is 1.97 bits per heavy atom. The van der Waals surface area contributed by atoms with Crippen molar-refractivity contribution in [1.82, 2.24) is 14.8 Å². The number of hydrazone groups is 1. The smallest absolute Gasteiger partial charge is 0.252 e. The fraction of sp³-hybridized carbons (Fsp3) is 0.591. The van der Waals surface area contributed by atoms with Gasteiger partial charge in [0.25, 0.3) is 5.91 Å². The van der Waals surface area contributed by atoms with Gasteiger partial charge in [0.1, 0.15) is 12.4 Å². The Kier molecular flexibility index (Phi) is 4.89. The number of hydrogen-bond acceptors (Lipinski definition) is 6. The van der Waals surface area contributed by atoms with Crippen LogP contribution in [0.3, 0.4) is 0 Å². The molecular weight excluding hydrogens is 382 g/mol. The van der Waals surface area contributed by atoms with Crippen molar-refractivity contribution in [3.05, 3.63) is 29.8 Å². The molecule has 0 spiro atoms. The van der Waals surface area contributed by atoms with Crippen LogP contribution in [0.25, 0.3) is 0 Å². The van der Waals surface area contributed by atoms with E-state index < -0.39 is 5.60 Å². The van der Waals surface area contributed by atoms with Crippen LogP contribution in [0.15, 0.2) is 29.4 Å². The number of benzene rings is 1. The van der Waals surface area contributed by atoms with Gasteiger partial charge >= 0.3 is 0 Å². The van der Waals surface area contributed by atoms with Crippen molar-refractivity contribution in [2.45, 2.75) is 43.7 Å². The summed E-state index contributed by atoms with van der Waals surface area (Å²) in [5, 5.41) is 17.3. The summed E-state index contributed by atoms with van der Waals surface area (Å²) in [6, 6.07) is 8.07. The molecule has 5 rings (SSSR count). The van der Waals surface area contributed by atoms with Crippen LogP contribution in [0, 0.1) is 0 Å². The fourth-order valence-electron chi connectivity index (χ4n) is 5.12. The van der Waals surface area contributed by atoms with E-state index in [-0.39, 0.29) is 24.4 Å². The number of β-amino-alcohol motifs (C(OH)–C–C–N with tert-alkyl or cyclic N) is 1. The Morgan fingerprint density at radius 1 is 1.17 bits per heavy atom. The Hall–Kier alpha value is -2.61. The molecule has 0 bridgehead atoms. The van der Waals surface area contributed by atoms with Gasteiger partial charge in [0, 0.05) is 31.9 Å². The van der Waals surface area contributed by atoms with Gasteiger partial charge < -0.3 is 14.9 Å². The third kappa shape index (κ3) is 3.53. The zero-order chi connectivity index (χ0) is 20.7. The second-order valence-electron chi connectivity index (χ2n) is 8.92. The third-order valence-corrected chi connectivity index (χ3v) is 6.95. The lowest BCUT2D eigenvalue weighted by Gasteiger charge is -2.42. The maximum atomic E-state index is 12.9. The number of anilines is 1. The van der Waals surface area contributed by atoms with E-state index in [0.717, 1.165) is 38.0 Å². The molecule has 4 aliphatic heterocycles. The number of amides is 2. The zero-order valence-corrected chi connectivity index (χ0v) is 17.2. The minimum atomic E-state index is -0.973. The predicted molar refractivity (Wildman–Crippen MR) is 113 cm³/mol. The summed E-state index contributed by atoms with van der Waals surface area (Å²) in [4.78, 5) is 31.1. The molecule has 1 aromatic carbocycles. The van der Waals surface area contributed by atoms with Crippen LogP contribution in [-0.2, 0) is 16.0 Å². The number of para-hydroxylation sites is 1. The molecule has 30 heavy (non-hydrogen) atoms. The fourth-order valence-corrected chi connectivity index (χ4v) is 5.12. The van der Waals surface area contributed by atoms with Crippen LogP contribution in [0.1, 0.15) is 31.2 Å². The van der Waals surface area contributed by atoms with E-state index >= 15 is 0 Å². The number of nitrogens with zero attached hydrogens (tertiary/aromatic N) is 5. The van der Waals surface area contributed by atoms with Gasteiger partial charge in [-0.3, -0.25) is 19.5 Å². The summed E-state index contributed by atoms with van der Waals surface area (Å²) in [6.45, 7) is 3.35. The first-order valence-corrected chi connectivity index (χ1v) is 11.0. The van der Waals surface area contributed by atoms with E-state index in [1.54, 1.807) is 11.2 Å². The van der Waals surface area contributed by atoms with Crippen molar-refractivity contribution in [2.24, 2.45) is 5.10 Å². The molecular formula is C22H29N5O3. The van der Waals surface area contributed by atoms with E-state index in [4.69, 9.17) is 0 Å². The second kappa shape index (κ2) is 7.58. The number of carbonyl (C=O) groups is 2. The minimum absolute atomic E-state index is 0.0297. The number of aliphatic hydroxyl groups is 1. The third-order valence-electron chi connectivity index (χ3n) is 6.95. The summed E-state index contributed by atoms with van der Waals surface area (Å²) < 4.78 is 0. The normalized spacial score (nSPS) is 25.0. The summed E-state index contributed by atoms with van der Waals surface area (Å²) in [5.41, 5.74) is 1.48. The van der Waals surface area contributed by atoms with Crippen molar-refractivity contribution < 1.29 is 14.7 Å². The lowest BCUT2D eigenvalue weighted by atomic mass is 9.90. The topological polar surface area (TPSA) is 79.7 Å². The SMILES string of the molecule is O=C1C2CCCN2N=CN1CC1(O)CCN(C(=O)CN2CCc3ccccc32)CC1. The average molecular weight is 412 g/mol. The molecule has 2 saturated heterocycles. The largest absolute Gasteiger partial charge is 0.388 e. The van der Waals surface area contributed by atoms with Crippen LogP contribution in [0.4, 0.5) is 5.69 Å². The van der Waals surface area contributed by atoms with Crippen molar-refractivity contribution in [3.8, 4) is 0 Å². The van der Waals surface area contributed by atoms with Crippen LogP contribution in [0.2, 0.25) is 0 Å². The molecule has 0 radical (unpaired) electrons. The first-order chi connectivity index (χ1) is 14.5. The highest BCUT2D eigenvalue weighted by atomic mass is 16.3. The summed E-state index contributed by atoms with van der Waals surface area (Å²) >= 11 is 0. The van der Waals surface area contributed by atoms with Crippen LogP contribution in [-0.4, -0.2) is 89.0 Å². The number of rotatable bonds is 4. The van der Waals surface area contributed by atoms with Gasteiger partial charge in [-0.05, 0) is 43.7 Å². The maximum Gasteiger partial charge on any atom is 0.252 e. The van der Waals surface area contributed by atoms with Crippen molar-refractivity contribution >= 4 is 23.8 Å². The molecule has 1 atom stereocenters. The molecule has 0 aromatic heterocycles. The highest BCUT2D eigenvalue weighted by Crippen LogP contribution is 2.29. The van der Waals surface area contributed by atoms with Gasteiger partial charge in [0.05, 0.1) is 18.7 Å². The van der Waals surface area contributed by atoms with E-state index in [9.17, 15) is 14.7 Å². The first-order valence-electron chi connectivity index (χ1n) is 11.0. The molecule has 4 aliphatic rings. The Labute approximate surface area is 176 Å². The Bertz CT molecular complexity index is 864. The molecule has 2 fully saturated rings. The first kappa shape index (κ1) is 19.4. The second-order valence-corrected chi connectivity index (χ2v) is 8.92. The van der Waals surface area contributed by atoms with Gasteiger partial charge in [-0.15, -0.1) is 0 Å². The summed E-state index contributed by atoms with van der Waals surface area (Å²) in [7, 11) is 0. The van der Waals surface area contributed by atoms with Gasteiger partial charge in [-0.25, -0.2) is 0 Å². The molecule has 1 N–H and O–H groups in total. The lowest BCUT2D eigenvalue weighted by molar-refractivity contribution is -0.140. The van der Waals surface area contributed by atoms with Crippen molar-refractivity contribution in [3.63, 3.8) is 0 Å². The zero-order valence-electron chi connectivity index (χ0n) is 17.2. The lowest BCUT2D eigenvalue weighted by Crippen LogP contribution is -2.57. The average Bonchev–Trinajstić information content (AvgIpc) is 3.38. The highest BCUT2D eigenvalue weighted by Gasteiger charge is 2.41. The highest BCUT2D eigenvalue weighted by molar-refractivity contribution is 5.93. The molecule has 4 heterocycles. The molecule has 160 valence electrons. The molecule has 0 saturated carbocycles. The van der Waals surface area contributed by atoms with Gasteiger partial charge in [0.15, 0.2) is 0 Å². The predicted octanol–water partition coefficient (Wildman–Crippen LogP) is 0.653. The van der Waals surface area contributed by atoms with Crippen LogP contribution in [0.5, 0.6) is 0 Å². The van der Waals surface area contributed by atoms with Crippen molar-refractivity contribution in [2.75, 3.05) is 44.2 Å². The Morgan fingerprint density at radius 3 is 2.80 bits per heavy atom. The Balaban J connectivity index is 1.16. The van der Waals surface area contributed by atoms with Gasteiger partial charge in [-0.2, -0.15) is 5.10 Å². The number of piperidine rings is 1. The minimum Gasteiger partial charge on any atom is -0.388 e. The number of carbonyl (C=O) groups excluding carboxylic acids is 2. The summed E-state index contributed by atoms with van der Waals surface area (Å²) in [6.07, 6.45) is 5.29. The standard InChI is InChI=1S/C22H29N5O3/c28-20(14-25-11-7-17-4-1-2-5-18(17)25)24-12-8-22(30,9-13-24)15-26-16-23-27-10-3-6-19(27)21(26)29/h1-2,4-5,16,19,30H,3,6-15H2. The monoisotopic (exact) mass is 411 g/mol. The van der Waals surface area contributed by atoms with Gasteiger partial charge in [0.2, 0.25) is 5.91 Å². The quantitative estimate of drug-likeness (QED) is 0.787. The summed E-state index contributed by atoms with van der Waals surface area (Å²) in [5.74, 6) is 0.132. The molecule has 8 nitrogen and oxygen atoms in total. The van der Waals surface area contributed by atoms with Gasteiger partial charge in [-0.1, -0.05) is 18.2 Å². The molecule has 2 amide bonds. The van der Waals surface area contributed by atoms with E-state index in [1.165, 1.54) is 5.56 Å². The maximum absolute atomic E-state index is 12.9.